The minimum absolute atomic E-state index is 0.0173. The molecular formula is C39H19BrClF3N2O9. The number of nitrogens with zero attached hydrogens (tertiary/aromatic N) is 2. The lowest BCUT2D eigenvalue weighted by atomic mass is 10.0. The third-order valence-corrected chi connectivity index (χ3v) is 9.19. The molecule has 11 nitrogen and oxygen atoms in total. The van der Waals surface area contributed by atoms with Gasteiger partial charge in [0.25, 0.3) is 5.69 Å². The van der Waals surface area contributed by atoms with Crippen molar-refractivity contribution in [1.29, 1.82) is 0 Å². The molecule has 274 valence electrons. The van der Waals surface area contributed by atoms with Gasteiger partial charge >= 0.3 is 12.1 Å². The van der Waals surface area contributed by atoms with Crippen molar-refractivity contribution in [2.75, 3.05) is 0 Å². The first-order chi connectivity index (χ1) is 26.3. The molecule has 3 aromatic carbocycles. The van der Waals surface area contributed by atoms with Crippen LogP contribution in [0.25, 0.3) is 79.3 Å². The number of nitro groups is 2. The Bertz CT molecular complexity index is 2740. The summed E-state index contributed by atoms with van der Waals surface area (Å²) in [5, 5.41) is 24.2. The number of halogens is 5. The average molecular weight is 832 g/mol. The van der Waals surface area contributed by atoms with Crippen LogP contribution in [-0.2, 0) is 6.18 Å². The number of rotatable bonds is 9. The van der Waals surface area contributed by atoms with E-state index in [0.29, 0.717) is 27.7 Å². The summed E-state index contributed by atoms with van der Waals surface area (Å²) in [4.78, 5) is 22.3. The summed E-state index contributed by atoms with van der Waals surface area (Å²) < 4.78 is 71.8. The van der Waals surface area contributed by atoms with E-state index in [0.717, 1.165) is 24.0 Å². The fraction of sp³-hybridized carbons (Fsp3) is 0.0256. The molecule has 0 fully saturated rings. The van der Waals surface area contributed by atoms with Gasteiger partial charge in [-0.15, -0.1) is 0 Å². The van der Waals surface area contributed by atoms with E-state index < -0.39 is 27.5 Å². The number of alkyl halides is 3. The van der Waals surface area contributed by atoms with E-state index in [1.54, 1.807) is 48.5 Å². The first-order valence-corrected chi connectivity index (χ1v) is 17.1. The molecule has 5 heterocycles. The van der Waals surface area contributed by atoms with E-state index in [-0.39, 0.29) is 61.4 Å². The fourth-order valence-electron chi connectivity index (χ4n) is 6.00. The SMILES string of the molecule is O=[N+]([O-])c1ccc(-c2ccc(-c3coc([N+](=O)[O-])c3-c3oc(-c4cccc(C(F)(F)F)c4)cc3-c3oc(Br)cc3-c3ccc(-c4ccc(Cl)cc4)o3)o2)cc1. The van der Waals surface area contributed by atoms with E-state index in [1.165, 1.54) is 48.5 Å². The van der Waals surface area contributed by atoms with Crippen LogP contribution in [0.4, 0.5) is 24.7 Å². The molecule has 0 saturated carbocycles. The maximum absolute atomic E-state index is 13.8. The molecule has 5 aromatic heterocycles. The van der Waals surface area contributed by atoms with Crippen molar-refractivity contribution in [2.45, 2.75) is 6.18 Å². The molecule has 0 aliphatic carbocycles. The van der Waals surface area contributed by atoms with E-state index in [2.05, 4.69) is 15.9 Å². The summed E-state index contributed by atoms with van der Waals surface area (Å²) in [5.41, 5.74) is 0.462. The Morgan fingerprint density at radius 2 is 1.22 bits per heavy atom. The van der Waals surface area contributed by atoms with Crippen LogP contribution in [-0.4, -0.2) is 9.85 Å². The molecule has 0 saturated heterocycles. The number of hydrogen-bond donors (Lipinski definition) is 0. The highest BCUT2D eigenvalue weighted by atomic mass is 79.9. The molecule has 0 unspecified atom stereocenters. The molecule has 0 aliphatic heterocycles. The molecule has 0 spiro atoms. The number of hydrogen-bond acceptors (Lipinski definition) is 9. The summed E-state index contributed by atoms with van der Waals surface area (Å²) in [5.74, 6) is 0.229. The highest BCUT2D eigenvalue weighted by Crippen LogP contribution is 2.51. The first kappa shape index (κ1) is 35.4. The molecule has 0 bridgehead atoms. The number of non-ortho nitro benzene ring substituents is 1. The minimum Gasteiger partial charge on any atom is -0.456 e. The Morgan fingerprint density at radius 1 is 0.600 bits per heavy atom. The lowest BCUT2D eigenvalue weighted by molar-refractivity contribution is -0.401. The Hall–Kier alpha value is -6.58. The van der Waals surface area contributed by atoms with Gasteiger partial charge in [-0.1, -0.05) is 23.7 Å². The van der Waals surface area contributed by atoms with Crippen LogP contribution in [0, 0.1) is 20.2 Å². The molecule has 0 aliphatic rings. The maximum Gasteiger partial charge on any atom is 0.444 e. The lowest BCUT2D eigenvalue weighted by Crippen LogP contribution is -2.04. The van der Waals surface area contributed by atoms with Crippen molar-refractivity contribution < 1.29 is 45.1 Å². The van der Waals surface area contributed by atoms with Crippen LogP contribution in [0.2, 0.25) is 5.02 Å². The van der Waals surface area contributed by atoms with Gasteiger partial charge < -0.3 is 22.1 Å². The summed E-state index contributed by atoms with van der Waals surface area (Å²) in [6.07, 6.45) is -3.59. The zero-order valence-corrected chi connectivity index (χ0v) is 29.8. The molecular weight excluding hydrogens is 813 g/mol. The second-order valence-electron chi connectivity index (χ2n) is 12.0. The largest absolute Gasteiger partial charge is 0.456 e. The summed E-state index contributed by atoms with van der Waals surface area (Å²) in [6.45, 7) is 0. The fourth-order valence-corrected chi connectivity index (χ4v) is 6.52. The van der Waals surface area contributed by atoms with Gasteiger partial charge in [-0.05, 0) is 94.8 Å². The van der Waals surface area contributed by atoms with Gasteiger partial charge in [0.1, 0.15) is 40.0 Å². The molecule has 16 heteroatoms. The van der Waals surface area contributed by atoms with Gasteiger partial charge in [0.15, 0.2) is 21.8 Å². The van der Waals surface area contributed by atoms with Gasteiger partial charge in [-0.3, -0.25) is 20.2 Å². The third kappa shape index (κ3) is 6.75. The first-order valence-electron chi connectivity index (χ1n) is 15.9. The highest BCUT2D eigenvalue weighted by Gasteiger charge is 2.36. The van der Waals surface area contributed by atoms with Gasteiger partial charge in [0, 0.05) is 39.9 Å². The Morgan fingerprint density at radius 3 is 1.84 bits per heavy atom. The third-order valence-electron chi connectivity index (χ3n) is 8.55. The predicted octanol–water partition coefficient (Wildman–Crippen LogP) is 13.6. The Kier molecular flexibility index (Phi) is 8.82. The monoisotopic (exact) mass is 830 g/mol. The Balaban J connectivity index is 1.31. The van der Waals surface area contributed by atoms with Crippen molar-refractivity contribution in [3.05, 3.63) is 151 Å². The zero-order valence-electron chi connectivity index (χ0n) is 27.4. The van der Waals surface area contributed by atoms with Crippen LogP contribution in [0.3, 0.4) is 0 Å². The molecule has 8 aromatic rings. The quantitative estimate of drug-likeness (QED) is 0.102. The smallest absolute Gasteiger partial charge is 0.444 e. The molecule has 0 atom stereocenters. The van der Waals surface area contributed by atoms with Crippen LogP contribution >= 0.6 is 27.5 Å². The molecule has 0 N–H and O–H groups in total. The van der Waals surface area contributed by atoms with E-state index in [1.807, 2.05) is 0 Å². The molecule has 0 radical (unpaired) electrons. The van der Waals surface area contributed by atoms with Gasteiger partial charge in [0.05, 0.1) is 27.2 Å². The minimum atomic E-state index is -4.68. The van der Waals surface area contributed by atoms with Crippen LogP contribution in [0.5, 0.6) is 0 Å². The van der Waals surface area contributed by atoms with Crippen molar-refractivity contribution in [1.82, 2.24) is 0 Å². The van der Waals surface area contributed by atoms with Gasteiger partial charge in [-0.2, -0.15) is 13.2 Å². The predicted molar refractivity (Wildman–Crippen MR) is 197 cm³/mol. The van der Waals surface area contributed by atoms with Crippen LogP contribution < -0.4 is 0 Å². The topological polar surface area (TPSA) is 152 Å². The number of nitro benzene ring substituents is 1. The van der Waals surface area contributed by atoms with Crippen LogP contribution in [0.15, 0.2) is 142 Å². The van der Waals surface area contributed by atoms with Crippen LogP contribution in [0.1, 0.15) is 5.56 Å². The van der Waals surface area contributed by atoms with Gasteiger partial charge in [-0.25, -0.2) is 0 Å². The van der Waals surface area contributed by atoms with E-state index in [9.17, 15) is 33.4 Å². The molecule has 0 amide bonds. The number of furan rings is 5. The van der Waals surface area contributed by atoms with Gasteiger partial charge in [0.2, 0.25) is 0 Å². The summed E-state index contributed by atoms with van der Waals surface area (Å²) in [6, 6.07) is 26.4. The summed E-state index contributed by atoms with van der Waals surface area (Å²) in [7, 11) is 0. The van der Waals surface area contributed by atoms with Crippen molar-refractivity contribution in [2.24, 2.45) is 0 Å². The van der Waals surface area contributed by atoms with Crippen molar-refractivity contribution in [3.63, 3.8) is 0 Å². The highest BCUT2D eigenvalue weighted by molar-refractivity contribution is 9.10. The van der Waals surface area contributed by atoms with E-state index in [4.69, 9.17) is 33.7 Å². The maximum atomic E-state index is 13.8. The second-order valence-corrected chi connectivity index (χ2v) is 13.2. The van der Waals surface area contributed by atoms with Crippen molar-refractivity contribution in [3.8, 4) is 79.3 Å². The Labute approximate surface area is 319 Å². The zero-order chi connectivity index (χ0) is 38.6. The number of benzene rings is 3. The molecule has 8 rings (SSSR count). The summed E-state index contributed by atoms with van der Waals surface area (Å²) >= 11 is 9.42. The molecule has 55 heavy (non-hydrogen) atoms. The normalized spacial score (nSPS) is 11.7. The van der Waals surface area contributed by atoms with Crippen molar-refractivity contribution >= 4 is 39.1 Å². The average Bonchev–Trinajstić information content (AvgIpc) is 4.00. The standard InChI is InChI=1S/C39H19BrClF3N2O9/c40-34-18-26(31-14-12-29(52-31)20-4-8-24(41)9-5-20)36(55-34)27-17-33(22-2-1-3-23(16-22)39(42,43)44)54-37(27)35-28(19-51-38(35)46(49)50)32-15-13-30(53-32)21-6-10-25(11-7-21)45(47)48/h1-19H. The second kappa shape index (κ2) is 13.7. The lowest BCUT2D eigenvalue weighted by Gasteiger charge is -2.07. The van der Waals surface area contributed by atoms with E-state index >= 15 is 0 Å².